The van der Waals surface area contributed by atoms with Crippen LogP contribution < -0.4 is 11.1 Å². The number of nitrogens with two attached hydrogens (primary N) is 1. The Morgan fingerprint density at radius 3 is 2.21 bits per heavy atom. The van der Waals surface area contributed by atoms with Gasteiger partial charge in [0.1, 0.15) is 5.60 Å². The van der Waals surface area contributed by atoms with Crippen molar-refractivity contribution in [1.29, 1.82) is 0 Å². The molecular weight excluding hydrogens is 300 g/mol. The predicted molar refractivity (Wildman–Crippen MR) is 99.8 cm³/mol. The van der Waals surface area contributed by atoms with Crippen molar-refractivity contribution in [3.05, 3.63) is 35.4 Å². The van der Waals surface area contributed by atoms with Gasteiger partial charge in [0, 0.05) is 6.54 Å². The molecule has 0 spiro atoms. The first-order valence-corrected chi connectivity index (χ1v) is 8.72. The molecule has 4 heteroatoms. The third kappa shape index (κ3) is 5.05. The number of aliphatic hydroxyl groups is 1. The molecule has 0 saturated carbocycles. The lowest BCUT2D eigenvalue weighted by Crippen LogP contribution is -2.44. The summed E-state index contributed by atoms with van der Waals surface area (Å²) >= 11 is 0. The molecule has 0 aromatic heterocycles. The Morgan fingerprint density at radius 2 is 1.71 bits per heavy atom. The molecule has 1 aromatic rings. The van der Waals surface area contributed by atoms with E-state index in [1.807, 2.05) is 39.0 Å². The van der Waals surface area contributed by atoms with Gasteiger partial charge in [-0.15, -0.1) is 0 Å². The summed E-state index contributed by atoms with van der Waals surface area (Å²) in [7, 11) is 0. The number of carbonyl (C=O) groups is 1. The van der Waals surface area contributed by atoms with Crippen LogP contribution in [0, 0.1) is 5.41 Å². The van der Waals surface area contributed by atoms with Crippen LogP contribution in [0.4, 0.5) is 0 Å². The van der Waals surface area contributed by atoms with Crippen LogP contribution >= 0.6 is 0 Å². The number of benzene rings is 1. The van der Waals surface area contributed by atoms with E-state index in [9.17, 15) is 9.90 Å². The summed E-state index contributed by atoms with van der Waals surface area (Å²) < 4.78 is 0. The summed E-state index contributed by atoms with van der Waals surface area (Å²) in [4.78, 5) is 12.3. The van der Waals surface area contributed by atoms with E-state index in [1.54, 1.807) is 0 Å². The Balaban J connectivity index is 3.16. The molecule has 1 atom stereocenters. The van der Waals surface area contributed by atoms with Gasteiger partial charge in [0.15, 0.2) is 0 Å². The number of carbonyl (C=O) groups excluding carboxylic acids is 1. The Bertz CT molecular complexity index is 555. The first-order valence-electron chi connectivity index (χ1n) is 8.72. The summed E-state index contributed by atoms with van der Waals surface area (Å²) in [5.74, 6) is -0.151. The second-order valence-electron chi connectivity index (χ2n) is 8.61. The Hall–Kier alpha value is -1.39. The maximum absolute atomic E-state index is 12.3. The molecule has 1 rings (SSSR count). The summed E-state index contributed by atoms with van der Waals surface area (Å²) in [5, 5.41) is 14.3. The van der Waals surface area contributed by atoms with E-state index < -0.39 is 11.0 Å². The molecule has 0 aliphatic carbocycles. The highest BCUT2D eigenvalue weighted by Gasteiger charge is 2.43. The standard InChI is InChI=1S/C20H34N2O2/c1-18(2,3)15-9-7-10-16(13-15)20(24,19(4,5)6)14-17(23)22-12-8-11-21/h7,9-10,13,24H,8,11-12,14,21H2,1-6H3,(H,22,23). The molecule has 0 fully saturated rings. The molecule has 4 N–H and O–H groups in total. The minimum Gasteiger partial charge on any atom is -0.384 e. The lowest BCUT2D eigenvalue weighted by molar-refractivity contribution is -0.134. The average molecular weight is 335 g/mol. The van der Waals surface area contributed by atoms with Crippen LogP contribution in [0.25, 0.3) is 0 Å². The van der Waals surface area contributed by atoms with Gasteiger partial charge in [-0.2, -0.15) is 0 Å². The molecule has 0 aliphatic heterocycles. The molecule has 0 heterocycles. The number of nitrogens with one attached hydrogen (secondary N) is 1. The van der Waals surface area contributed by atoms with E-state index in [0.717, 1.165) is 17.5 Å². The maximum Gasteiger partial charge on any atom is 0.223 e. The molecule has 0 aliphatic rings. The van der Waals surface area contributed by atoms with Crippen LogP contribution in [-0.2, 0) is 15.8 Å². The Labute approximate surface area is 146 Å². The van der Waals surface area contributed by atoms with Gasteiger partial charge in [0.2, 0.25) is 5.91 Å². The fraction of sp³-hybridized carbons (Fsp3) is 0.650. The molecule has 0 bridgehead atoms. The lowest BCUT2D eigenvalue weighted by Gasteiger charge is -2.41. The molecule has 0 radical (unpaired) electrons. The molecule has 1 aromatic carbocycles. The van der Waals surface area contributed by atoms with Gasteiger partial charge in [-0.25, -0.2) is 0 Å². The third-order valence-corrected chi connectivity index (χ3v) is 4.57. The highest BCUT2D eigenvalue weighted by molar-refractivity contribution is 5.77. The molecule has 1 unspecified atom stereocenters. The topological polar surface area (TPSA) is 75.3 Å². The SMILES string of the molecule is CC(C)(C)c1cccc(C(O)(CC(=O)NCCCN)C(C)(C)C)c1. The second kappa shape index (κ2) is 7.66. The fourth-order valence-electron chi connectivity index (χ4n) is 2.67. The predicted octanol–water partition coefficient (Wildman–Crippen LogP) is 3.07. The quantitative estimate of drug-likeness (QED) is 0.700. The summed E-state index contributed by atoms with van der Waals surface area (Å²) in [6.45, 7) is 13.4. The van der Waals surface area contributed by atoms with Crippen molar-refractivity contribution in [3.8, 4) is 0 Å². The van der Waals surface area contributed by atoms with Crippen LogP contribution in [0.15, 0.2) is 24.3 Å². The van der Waals surface area contributed by atoms with Crippen LogP contribution in [0.1, 0.15) is 65.5 Å². The molecule has 24 heavy (non-hydrogen) atoms. The normalized spacial score (nSPS) is 15.0. The minimum absolute atomic E-state index is 0.0157. The van der Waals surface area contributed by atoms with Crippen molar-refractivity contribution in [2.75, 3.05) is 13.1 Å². The van der Waals surface area contributed by atoms with Crippen molar-refractivity contribution >= 4 is 5.91 Å². The zero-order chi connectivity index (χ0) is 18.6. The van der Waals surface area contributed by atoms with E-state index in [-0.39, 0.29) is 17.7 Å². The maximum atomic E-state index is 12.3. The zero-order valence-corrected chi connectivity index (χ0v) is 16.1. The van der Waals surface area contributed by atoms with E-state index in [2.05, 4.69) is 32.2 Å². The Kier molecular flexibility index (Phi) is 6.59. The molecular formula is C20H34N2O2. The van der Waals surface area contributed by atoms with E-state index >= 15 is 0 Å². The van der Waals surface area contributed by atoms with Crippen molar-refractivity contribution in [3.63, 3.8) is 0 Å². The van der Waals surface area contributed by atoms with Gasteiger partial charge in [0.05, 0.1) is 6.42 Å². The lowest BCUT2D eigenvalue weighted by atomic mass is 9.69. The van der Waals surface area contributed by atoms with Gasteiger partial charge in [-0.1, -0.05) is 65.8 Å². The number of hydrogen-bond acceptors (Lipinski definition) is 3. The van der Waals surface area contributed by atoms with Crippen molar-refractivity contribution in [1.82, 2.24) is 5.32 Å². The van der Waals surface area contributed by atoms with Crippen molar-refractivity contribution in [2.45, 2.75) is 65.4 Å². The highest BCUT2D eigenvalue weighted by Crippen LogP contribution is 2.43. The van der Waals surface area contributed by atoms with E-state index in [4.69, 9.17) is 5.73 Å². The fourth-order valence-corrected chi connectivity index (χ4v) is 2.67. The van der Waals surface area contributed by atoms with Gasteiger partial charge in [-0.3, -0.25) is 4.79 Å². The molecule has 0 saturated heterocycles. The van der Waals surface area contributed by atoms with Crippen molar-refractivity contribution in [2.24, 2.45) is 11.1 Å². The molecule has 1 amide bonds. The first-order chi connectivity index (χ1) is 10.9. The largest absolute Gasteiger partial charge is 0.384 e. The summed E-state index contributed by atoms with van der Waals surface area (Å²) in [6, 6.07) is 7.96. The van der Waals surface area contributed by atoms with Crippen LogP contribution in [0.5, 0.6) is 0 Å². The highest BCUT2D eigenvalue weighted by atomic mass is 16.3. The van der Waals surface area contributed by atoms with Crippen molar-refractivity contribution < 1.29 is 9.90 Å². The van der Waals surface area contributed by atoms with E-state index in [1.165, 1.54) is 0 Å². The van der Waals surface area contributed by atoms with E-state index in [0.29, 0.717) is 13.1 Å². The van der Waals surface area contributed by atoms with Gasteiger partial charge >= 0.3 is 0 Å². The monoisotopic (exact) mass is 334 g/mol. The van der Waals surface area contributed by atoms with Crippen LogP contribution in [0.3, 0.4) is 0 Å². The third-order valence-electron chi connectivity index (χ3n) is 4.57. The number of hydrogen-bond donors (Lipinski definition) is 3. The molecule has 4 nitrogen and oxygen atoms in total. The second-order valence-corrected chi connectivity index (χ2v) is 8.61. The molecule has 136 valence electrons. The van der Waals surface area contributed by atoms with Crippen LogP contribution in [0.2, 0.25) is 0 Å². The number of rotatable bonds is 6. The van der Waals surface area contributed by atoms with Crippen LogP contribution in [-0.4, -0.2) is 24.1 Å². The summed E-state index contributed by atoms with van der Waals surface area (Å²) in [5.41, 5.74) is 5.66. The minimum atomic E-state index is -1.24. The van der Waals surface area contributed by atoms with Gasteiger partial charge in [-0.05, 0) is 34.9 Å². The Morgan fingerprint density at radius 1 is 1.12 bits per heavy atom. The van der Waals surface area contributed by atoms with Gasteiger partial charge < -0.3 is 16.2 Å². The number of amides is 1. The smallest absolute Gasteiger partial charge is 0.223 e. The first kappa shape index (κ1) is 20.7. The average Bonchev–Trinajstić information content (AvgIpc) is 2.45. The van der Waals surface area contributed by atoms with Gasteiger partial charge in [0.25, 0.3) is 0 Å². The summed E-state index contributed by atoms with van der Waals surface area (Å²) in [6.07, 6.45) is 0.772. The zero-order valence-electron chi connectivity index (χ0n) is 16.1.